The molecule has 0 aromatic heterocycles. The lowest BCUT2D eigenvalue weighted by Crippen LogP contribution is -1.99. The molecular formula is C15H12ClNO4. The monoisotopic (exact) mass is 305 g/mol. The van der Waals surface area contributed by atoms with Gasteiger partial charge in [0.2, 0.25) is 13.6 Å². The minimum absolute atomic E-state index is 0.216. The summed E-state index contributed by atoms with van der Waals surface area (Å²) in [4.78, 5) is 0. The van der Waals surface area contributed by atoms with Crippen LogP contribution in [0.4, 0.5) is 5.69 Å². The molecule has 1 N–H and O–H groups in total. The summed E-state index contributed by atoms with van der Waals surface area (Å²) in [6.45, 7) is 1.11. The van der Waals surface area contributed by atoms with Gasteiger partial charge in [0, 0.05) is 18.3 Å². The number of ether oxygens (including phenoxy) is 4. The summed E-state index contributed by atoms with van der Waals surface area (Å²) in [6, 6.07) is 9.54. The predicted octanol–water partition coefficient (Wildman–Crippen LogP) is 3.41. The smallest absolute Gasteiger partial charge is 0.231 e. The Balaban J connectivity index is 1.51. The first kappa shape index (κ1) is 12.5. The zero-order chi connectivity index (χ0) is 14.2. The number of fused-ring (bicyclic) bond motifs is 2. The second kappa shape index (κ2) is 4.93. The fraction of sp³-hybridized carbons (Fsp3) is 0.200. The van der Waals surface area contributed by atoms with E-state index in [4.69, 9.17) is 30.5 Å². The van der Waals surface area contributed by atoms with Crippen molar-refractivity contribution in [2.45, 2.75) is 6.54 Å². The van der Waals surface area contributed by atoms with Gasteiger partial charge >= 0.3 is 0 Å². The average molecular weight is 306 g/mol. The van der Waals surface area contributed by atoms with Crippen molar-refractivity contribution in [3.05, 3.63) is 40.9 Å². The number of halogens is 1. The van der Waals surface area contributed by atoms with E-state index in [1.165, 1.54) is 0 Å². The van der Waals surface area contributed by atoms with Crippen LogP contribution >= 0.6 is 11.6 Å². The van der Waals surface area contributed by atoms with Crippen LogP contribution in [0.3, 0.4) is 0 Å². The lowest BCUT2D eigenvalue weighted by Gasteiger charge is -2.09. The van der Waals surface area contributed by atoms with Crippen molar-refractivity contribution in [2.24, 2.45) is 0 Å². The van der Waals surface area contributed by atoms with Gasteiger partial charge in [-0.05, 0) is 29.8 Å². The summed E-state index contributed by atoms with van der Waals surface area (Å²) in [5.74, 6) is 2.82. The quantitative estimate of drug-likeness (QED) is 0.941. The third kappa shape index (κ3) is 2.29. The van der Waals surface area contributed by atoms with E-state index in [9.17, 15) is 0 Å². The molecule has 2 aromatic rings. The Labute approximate surface area is 126 Å². The summed E-state index contributed by atoms with van der Waals surface area (Å²) in [5.41, 5.74) is 1.97. The van der Waals surface area contributed by atoms with E-state index in [2.05, 4.69) is 5.32 Å². The fourth-order valence-electron chi connectivity index (χ4n) is 2.33. The topological polar surface area (TPSA) is 49.0 Å². The Morgan fingerprint density at radius 2 is 1.71 bits per heavy atom. The maximum absolute atomic E-state index is 6.16. The van der Waals surface area contributed by atoms with Gasteiger partial charge in [-0.1, -0.05) is 11.6 Å². The van der Waals surface area contributed by atoms with Crippen LogP contribution < -0.4 is 24.3 Å². The summed E-state index contributed by atoms with van der Waals surface area (Å²) >= 11 is 6.16. The number of nitrogens with one attached hydrogen (secondary N) is 1. The third-order valence-corrected chi connectivity index (χ3v) is 3.64. The van der Waals surface area contributed by atoms with E-state index in [1.807, 2.05) is 30.3 Å². The van der Waals surface area contributed by atoms with Gasteiger partial charge < -0.3 is 24.3 Å². The molecule has 0 aliphatic carbocycles. The highest BCUT2D eigenvalue weighted by Gasteiger charge is 2.18. The van der Waals surface area contributed by atoms with Crippen LogP contribution in [0, 0.1) is 0 Å². The lowest BCUT2D eigenvalue weighted by atomic mass is 10.2. The van der Waals surface area contributed by atoms with Crippen LogP contribution in [0.25, 0.3) is 0 Å². The zero-order valence-corrected chi connectivity index (χ0v) is 11.8. The molecule has 6 heteroatoms. The highest BCUT2D eigenvalue weighted by atomic mass is 35.5. The molecule has 21 heavy (non-hydrogen) atoms. The molecule has 4 rings (SSSR count). The van der Waals surface area contributed by atoms with Crippen molar-refractivity contribution >= 4 is 17.3 Å². The summed E-state index contributed by atoms with van der Waals surface area (Å²) in [6.07, 6.45) is 0. The molecule has 0 amide bonds. The molecule has 0 bridgehead atoms. The molecule has 2 aliphatic heterocycles. The molecule has 0 radical (unpaired) electrons. The average Bonchev–Trinajstić information content (AvgIpc) is 3.13. The molecule has 2 aliphatic rings. The van der Waals surface area contributed by atoms with Gasteiger partial charge in [0.05, 0.1) is 5.02 Å². The SMILES string of the molecule is Clc1cc(CNc2ccc3c(c2)OCO3)cc2c1OCO2. The van der Waals surface area contributed by atoms with Gasteiger partial charge in [0.1, 0.15) is 0 Å². The van der Waals surface area contributed by atoms with Crippen molar-refractivity contribution in [1.82, 2.24) is 0 Å². The van der Waals surface area contributed by atoms with Crippen molar-refractivity contribution in [3.8, 4) is 23.0 Å². The molecule has 0 saturated heterocycles. The zero-order valence-electron chi connectivity index (χ0n) is 11.0. The number of hydrogen-bond acceptors (Lipinski definition) is 5. The Kier molecular flexibility index (Phi) is 2.93. The maximum Gasteiger partial charge on any atom is 0.231 e. The van der Waals surface area contributed by atoms with Gasteiger partial charge in [-0.2, -0.15) is 0 Å². The first-order chi connectivity index (χ1) is 10.3. The molecule has 0 saturated carbocycles. The molecule has 0 spiro atoms. The van der Waals surface area contributed by atoms with Crippen LogP contribution in [0.1, 0.15) is 5.56 Å². The van der Waals surface area contributed by atoms with Gasteiger partial charge in [-0.15, -0.1) is 0 Å². The van der Waals surface area contributed by atoms with Gasteiger partial charge in [-0.3, -0.25) is 0 Å². The van der Waals surface area contributed by atoms with Crippen LogP contribution in [-0.4, -0.2) is 13.6 Å². The van der Waals surface area contributed by atoms with Crippen molar-refractivity contribution in [1.29, 1.82) is 0 Å². The van der Waals surface area contributed by atoms with Crippen molar-refractivity contribution in [2.75, 3.05) is 18.9 Å². The summed E-state index contributed by atoms with van der Waals surface area (Å²) < 4.78 is 21.3. The Hall–Kier alpha value is -2.27. The molecule has 2 aromatic carbocycles. The highest BCUT2D eigenvalue weighted by Crippen LogP contribution is 2.40. The van der Waals surface area contributed by atoms with Gasteiger partial charge in [0.15, 0.2) is 23.0 Å². The van der Waals surface area contributed by atoms with Crippen molar-refractivity contribution in [3.63, 3.8) is 0 Å². The maximum atomic E-state index is 6.16. The molecular weight excluding hydrogens is 294 g/mol. The molecule has 5 nitrogen and oxygen atoms in total. The minimum atomic E-state index is 0.216. The Morgan fingerprint density at radius 3 is 2.67 bits per heavy atom. The van der Waals surface area contributed by atoms with Crippen LogP contribution in [0.5, 0.6) is 23.0 Å². The van der Waals surface area contributed by atoms with E-state index in [1.54, 1.807) is 0 Å². The molecule has 0 fully saturated rings. The van der Waals surface area contributed by atoms with Crippen molar-refractivity contribution < 1.29 is 18.9 Å². The lowest BCUT2D eigenvalue weighted by molar-refractivity contribution is 0.173. The summed E-state index contributed by atoms with van der Waals surface area (Å²) in [5, 5.41) is 3.88. The standard InChI is InChI=1S/C15H12ClNO4/c16-11-3-9(4-14-15(11)21-8-20-14)6-17-10-1-2-12-13(5-10)19-7-18-12/h1-5,17H,6-8H2. The predicted molar refractivity (Wildman–Crippen MR) is 77.5 cm³/mol. The van der Waals surface area contributed by atoms with E-state index in [0.717, 1.165) is 22.7 Å². The van der Waals surface area contributed by atoms with Gasteiger partial charge in [0.25, 0.3) is 0 Å². The second-order valence-corrected chi connectivity index (χ2v) is 5.14. The summed E-state index contributed by atoms with van der Waals surface area (Å²) in [7, 11) is 0. The fourth-order valence-corrected chi connectivity index (χ4v) is 2.62. The Morgan fingerprint density at radius 1 is 0.905 bits per heavy atom. The second-order valence-electron chi connectivity index (χ2n) is 4.73. The minimum Gasteiger partial charge on any atom is -0.454 e. The first-order valence-electron chi connectivity index (χ1n) is 6.51. The number of anilines is 1. The molecule has 108 valence electrons. The van der Waals surface area contributed by atoms with Gasteiger partial charge in [-0.25, -0.2) is 0 Å². The van der Waals surface area contributed by atoms with Crippen LogP contribution in [-0.2, 0) is 6.54 Å². The van der Waals surface area contributed by atoms with E-state index >= 15 is 0 Å². The Bertz CT molecular complexity index is 704. The first-order valence-corrected chi connectivity index (χ1v) is 6.89. The van der Waals surface area contributed by atoms with Crippen LogP contribution in [0.15, 0.2) is 30.3 Å². The largest absolute Gasteiger partial charge is 0.454 e. The number of hydrogen-bond donors (Lipinski definition) is 1. The third-order valence-electron chi connectivity index (χ3n) is 3.36. The molecule has 2 heterocycles. The van der Waals surface area contributed by atoms with Crippen LogP contribution in [0.2, 0.25) is 5.02 Å². The number of rotatable bonds is 3. The normalized spacial score (nSPS) is 14.3. The van der Waals surface area contributed by atoms with E-state index in [0.29, 0.717) is 23.1 Å². The highest BCUT2D eigenvalue weighted by molar-refractivity contribution is 6.32. The number of benzene rings is 2. The molecule has 0 unspecified atom stereocenters. The van der Waals surface area contributed by atoms with E-state index < -0.39 is 0 Å². The van der Waals surface area contributed by atoms with E-state index in [-0.39, 0.29) is 13.6 Å². The molecule has 0 atom stereocenters.